The zero-order chi connectivity index (χ0) is 19.7. The van der Waals surface area contributed by atoms with Gasteiger partial charge in [-0.25, -0.2) is 9.78 Å². The van der Waals surface area contributed by atoms with Gasteiger partial charge in [0.1, 0.15) is 11.5 Å². The summed E-state index contributed by atoms with van der Waals surface area (Å²) in [5.74, 6) is 0.363. The van der Waals surface area contributed by atoms with Gasteiger partial charge in [0.05, 0.1) is 16.8 Å². The van der Waals surface area contributed by atoms with E-state index in [9.17, 15) is 9.90 Å². The number of pyridine rings is 1. The van der Waals surface area contributed by atoms with Gasteiger partial charge in [0.15, 0.2) is 0 Å². The molecule has 0 atom stereocenters. The molecule has 0 aliphatic heterocycles. The molecule has 138 valence electrons. The lowest BCUT2D eigenvalue weighted by atomic mass is 10.1. The number of hydrogen-bond acceptors (Lipinski definition) is 3. The van der Waals surface area contributed by atoms with E-state index in [1.807, 2.05) is 61.5 Å². The molecule has 2 aromatic carbocycles. The fourth-order valence-corrected chi connectivity index (χ4v) is 3.22. The van der Waals surface area contributed by atoms with E-state index in [1.54, 1.807) is 18.2 Å². The van der Waals surface area contributed by atoms with Crippen molar-refractivity contribution in [1.29, 1.82) is 0 Å². The van der Waals surface area contributed by atoms with Crippen LogP contribution in [0.2, 0.25) is 5.02 Å². The van der Waals surface area contributed by atoms with Crippen LogP contribution in [0, 0.1) is 6.92 Å². The van der Waals surface area contributed by atoms with E-state index in [0.29, 0.717) is 33.1 Å². The number of aromatic nitrogens is 1. The number of nitrogens with zero attached hydrogens (tertiary/aromatic N) is 1. The standard InChI is InChI=1S/C23H16ClNO3/c1-14-5-9-21-19(11-14)20(23(26)27)13-17(25-21)6-7-18-8-10-22(28-18)15-3-2-4-16(24)12-15/h2-13H,1H3,(H,26,27). The fourth-order valence-electron chi connectivity index (χ4n) is 3.03. The smallest absolute Gasteiger partial charge is 0.336 e. The average molecular weight is 390 g/mol. The Kier molecular flexibility index (Phi) is 4.72. The highest BCUT2D eigenvalue weighted by atomic mass is 35.5. The van der Waals surface area contributed by atoms with Gasteiger partial charge in [0.2, 0.25) is 0 Å². The van der Waals surface area contributed by atoms with Gasteiger partial charge in [-0.15, -0.1) is 0 Å². The molecule has 0 unspecified atom stereocenters. The van der Waals surface area contributed by atoms with Gasteiger partial charge >= 0.3 is 5.97 Å². The van der Waals surface area contributed by atoms with Gasteiger partial charge in [-0.3, -0.25) is 0 Å². The molecule has 4 nitrogen and oxygen atoms in total. The van der Waals surface area contributed by atoms with Crippen LogP contribution in [0.3, 0.4) is 0 Å². The molecule has 0 spiro atoms. The number of carbonyl (C=O) groups is 1. The Hall–Kier alpha value is -3.37. The number of aromatic carboxylic acids is 1. The normalized spacial score (nSPS) is 11.4. The van der Waals surface area contributed by atoms with E-state index < -0.39 is 5.97 Å². The minimum atomic E-state index is -0.978. The maximum Gasteiger partial charge on any atom is 0.336 e. The summed E-state index contributed by atoms with van der Waals surface area (Å²) in [5.41, 5.74) is 3.30. The lowest BCUT2D eigenvalue weighted by Crippen LogP contribution is -2.00. The maximum absolute atomic E-state index is 11.7. The molecule has 0 bridgehead atoms. The molecule has 5 heteroatoms. The molecule has 2 heterocycles. The Morgan fingerprint density at radius 1 is 1.07 bits per heavy atom. The number of benzene rings is 2. The van der Waals surface area contributed by atoms with Crippen molar-refractivity contribution in [3.05, 3.63) is 88.3 Å². The molecule has 0 amide bonds. The topological polar surface area (TPSA) is 63.3 Å². The average Bonchev–Trinajstić information content (AvgIpc) is 3.15. The summed E-state index contributed by atoms with van der Waals surface area (Å²) < 4.78 is 5.84. The first-order valence-corrected chi connectivity index (χ1v) is 9.06. The molecule has 4 rings (SSSR count). The number of hydrogen-bond donors (Lipinski definition) is 1. The Labute approximate surface area is 166 Å². The van der Waals surface area contributed by atoms with Crippen LogP contribution in [-0.2, 0) is 0 Å². The number of carboxylic acid groups (broad SMARTS) is 1. The van der Waals surface area contributed by atoms with Crippen molar-refractivity contribution in [2.45, 2.75) is 6.92 Å². The third-order valence-electron chi connectivity index (χ3n) is 4.37. The van der Waals surface area contributed by atoms with E-state index in [0.717, 1.165) is 11.1 Å². The number of halogens is 1. The molecule has 0 fully saturated rings. The highest BCUT2D eigenvalue weighted by Gasteiger charge is 2.11. The highest BCUT2D eigenvalue weighted by molar-refractivity contribution is 6.30. The van der Waals surface area contributed by atoms with Gasteiger partial charge in [-0.05, 0) is 61.5 Å². The second kappa shape index (κ2) is 7.33. The minimum Gasteiger partial charge on any atom is -0.478 e. The van der Waals surface area contributed by atoms with Crippen LogP contribution in [0.1, 0.15) is 27.4 Å². The van der Waals surface area contributed by atoms with Crippen LogP contribution in [0.15, 0.2) is 65.1 Å². The van der Waals surface area contributed by atoms with Crippen LogP contribution in [0.25, 0.3) is 34.4 Å². The van der Waals surface area contributed by atoms with Crippen molar-refractivity contribution < 1.29 is 14.3 Å². The molecule has 1 N–H and O–H groups in total. The van der Waals surface area contributed by atoms with Crippen molar-refractivity contribution in [1.82, 2.24) is 4.98 Å². The van der Waals surface area contributed by atoms with E-state index in [4.69, 9.17) is 16.0 Å². The number of aryl methyl sites for hydroxylation is 1. The van der Waals surface area contributed by atoms with Crippen molar-refractivity contribution in [3.8, 4) is 11.3 Å². The van der Waals surface area contributed by atoms with E-state index >= 15 is 0 Å². The van der Waals surface area contributed by atoms with Gasteiger partial charge < -0.3 is 9.52 Å². The Morgan fingerprint density at radius 3 is 2.71 bits per heavy atom. The maximum atomic E-state index is 11.7. The lowest BCUT2D eigenvalue weighted by molar-refractivity contribution is 0.0699. The van der Waals surface area contributed by atoms with E-state index in [-0.39, 0.29) is 5.56 Å². The SMILES string of the molecule is Cc1ccc2nc(C=Cc3ccc(-c4cccc(Cl)c4)o3)cc(C(=O)O)c2c1. The summed E-state index contributed by atoms with van der Waals surface area (Å²) in [6.07, 6.45) is 3.51. The fraction of sp³-hybridized carbons (Fsp3) is 0.0435. The number of carboxylic acids is 1. The van der Waals surface area contributed by atoms with Crippen LogP contribution in [0.5, 0.6) is 0 Å². The first-order chi connectivity index (χ1) is 13.5. The van der Waals surface area contributed by atoms with E-state index in [1.165, 1.54) is 0 Å². The quantitative estimate of drug-likeness (QED) is 0.443. The van der Waals surface area contributed by atoms with Crippen molar-refractivity contribution in [2.24, 2.45) is 0 Å². The Balaban J connectivity index is 1.67. The van der Waals surface area contributed by atoms with Crippen LogP contribution in [0.4, 0.5) is 0 Å². The summed E-state index contributed by atoms with van der Waals surface area (Å²) in [7, 11) is 0. The van der Waals surface area contributed by atoms with Gasteiger partial charge in [0, 0.05) is 16.0 Å². The largest absolute Gasteiger partial charge is 0.478 e. The van der Waals surface area contributed by atoms with Crippen molar-refractivity contribution >= 4 is 40.6 Å². The molecular formula is C23H16ClNO3. The molecule has 0 saturated carbocycles. The van der Waals surface area contributed by atoms with Gasteiger partial charge in [0.25, 0.3) is 0 Å². The molecule has 28 heavy (non-hydrogen) atoms. The molecule has 0 aliphatic carbocycles. The number of rotatable bonds is 4. The van der Waals surface area contributed by atoms with Crippen LogP contribution < -0.4 is 0 Å². The van der Waals surface area contributed by atoms with Gasteiger partial charge in [-0.1, -0.05) is 35.4 Å². The predicted molar refractivity (Wildman–Crippen MR) is 112 cm³/mol. The van der Waals surface area contributed by atoms with Crippen molar-refractivity contribution in [2.75, 3.05) is 0 Å². The zero-order valence-corrected chi connectivity index (χ0v) is 15.8. The van der Waals surface area contributed by atoms with E-state index in [2.05, 4.69) is 4.98 Å². The van der Waals surface area contributed by atoms with Crippen LogP contribution in [-0.4, -0.2) is 16.1 Å². The summed E-state index contributed by atoms with van der Waals surface area (Å²) in [6, 6.07) is 18.3. The van der Waals surface area contributed by atoms with Crippen LogP contribution >= 0.6 is 11.6 Å². The van der Waals surface area contributed by atoms with Gasteiger partial charge in [-0.2, -0.15) is 0 Å². The monoisotopic (exact) mass is 389 g/mol. The molecule has 0 aliphatic rings. The summed E-state index contributed by atoms with van der Waals surface area (Å²) in [4.78, 5) is 16.2. The minimum absolute atomic E-state index is 0.229. The number of furan rings is 1. The first kappa shape index (κ1) is 18.0. The first-order valence-electron chi connectivity index (χ1n) is 8.68. The third kappa shape index (κ3) is 3.68. The lowest BCUT2D eigenvalue weighted by Gasteiger charge is -2.05. The Morgan fingerprint density at radius 2 is 1.93 bits per heavy atom. The number of fused-ring (bicyclic) bond motifs is 1. The zero-order valence-electron chi connectivity index (χ0n) is 15.0. The Bertz CT molecular complexity index is 1220. The van der Waals surface area contributed by atoms with Crippen molar-refractivity contribution in [3.63, 3.8) is 0 Å². The predicted octanol–water partition coefficient (Wildman–Crippen LogP) is 6.33. The second-order valence-corrected chi connectivity index (χ2v) is 6.90. The molecule has 4 aromatic rings. The highest BCUT2D eigenvalue weighted by Crippen LogP contribution is 2.26. The molecule has 2 aromatic heterocycles. The molecule has 0 radical (unpaired) electrons. The molecular weight excluding hydrogens is 374 g/mol. The third-order valence-corrected chi connectivity index (χ3v) is 4.60. The molecule has 0 saturated heterocycles. The summed E-state index contributed by atoms with van der Waals surface area (Å²) in [6.45, 7) is 1.92. The second-order valence-electron chi connectivity index (χ2n) is 6.47. The summed E-state index contributed by atoms with van der Waals surface area (Å²) in [5, 5.41) is 10.8. The summed E-state index contributed by atoms with van der Waals surface area (Å²) >= 11 is 6.03.